The fraction of sp³-hybridized carbons (Fsp3) is 0.975. The second-order valence-electron chi connectivity index (χ2n) is 27.9. The van der Waals surface area contributed by atoms with E-state index in [0.717, 1.165) is 51.9 Å². The van der Waals surface area contributed by atoms with Crippen LogP contribution in [0.15, 0.2) is 0 Å². The summed E-state index contributed by atoms with van der Waals surface area (Å²) in [5, 5.41) is 22.4. The molecule has 0 aliphatic carbocycles. The summed E-state index contributed by atoms with van der Waals surface area (Å²) in [4.78, 5) is 26.7. The molecule has 7 heteroatoms. The van der Waals surface area contributed by atoms with Crippen molar-refractivity contribution in [3.05, 3.63) is 0 Å². The van der Waals surface area contributed by atoms with Crippen LogP contribution in [-0.2, 0) is 9.59 Å². The first-order chi connectivity index (χ1) is 42.4. The summed E-state index contributed by atoms with van der Waals surface area (Å²) in [7, 11) is 0. The van der Waals surface area contributed by atoms with Gasteiger partial charge in [0, 0.05) is 13.1 Å². The summed E-state index contributed by atoms with van der Waals surface area (Å²) < 4.78 is 0. The van der Waals surface area contributed by atoms with Crippen LogP contribution < -0.4 is 10.2 Å². The predicted molar refractivity (Wildman–Crippen MR) is 385 cm³/mol. The van der Waals surface area contributed by atoms with Crippen molar-refractivity contribution in [3.8, 4) is 0 Å². The summed E-state index contributed by atoms with van der Waals surface area (Å²) in [5.41, 5.74) is 0. The third-order valence-corrected chi connectivity index (χ3v) is 19.0. The van der Waals surface area contributed by atoms with Crippen molar-refractivity contribution in [2.75, 3.05) is 39.3 Å². The number of carbonyl (C=O) groups is 2. The quantitative estimate of drug-likeness (QED) is 0.0445. The zero-order valence-corrected chi connectivity index (χ0v) is 62.8. The van der Waals surface area contributed by atoms with E-state index in [2.05, 4.69) is 37.5 Å². The third kappa shape index (κ3) is 86.1. The van der Waals surface area contributed by atoms with Gasteiger partial charge in [-0.2, -0.15) is 0 Å². The molecule has 0 N–H and O–H groups in total. The summed E-state index contributed by atoms with van der Waals surface area (Å²) in [6.07, 6.45) is 94.0. The van der Waals surface area contributed by atoms with Crippen molar-refractivity contribution >= 4 is 49.7 Å². The smallest absolute Gasteiger partial charge is 0.549 e. The van der Waals surface area contributed by atoms with Crippen LogP contribution in [0.25, 0.3) is 0 Å². The molecule has 0 amide bonds. The third-order valence-electron chi connectivity index (χ3n) is 19.0. The number of carboxylic acids is 2. The minimum Gasteiger partial charge on any atom is -0.549 e. The fourth-order valence-electron chi connectivity index (χ4n) is 13.1. The van der Waals surface area contributed by atoms with Crippen molar-refractivity contribution in [2.45, 2.75) is 464 Å². The summed E-state index contributed by atoms with van der Waals surface area (Å²) >= 11 is 0. The van der Waals surface area contributed by atoms with Gasteiger partial charge in [-0.3, -0.25) is 9.80 Å². The van der Waals surface area contributed by atoms with Crippen LogP contribution in [0.4, 0.5) is 0 Å². The number of unbranched alkanes of at least 4 members (excludes halogenated alkanes) is 64. The van der Waals surface area contributed by atoms with E-state index in [9.17, 15) is 19.8 Å². The molecule has 0 aromatic carbocycles. The van der Waals surface area contributed by atoms with E-state index in [1.165, 1.54) is 411 Å². The van der Waals surface area contributed by atoms with Gasteiger partial charge in [0.05, 0.1) is 11.9 Å². The van der Waals surface area contributed by atoms with Crippen molar-refractivity contribution in [1.29, 1.82) is 0 Å². The van der Waals surface area contributed by atoms with Crippen molar-refractivity contribution in [1.82, 2.24) is 9.80 Å². The van der Waals surface area contributed by atoms with Crippen LogP contribution in [0.1, 0.15) is 464 Å². The van der Waals surface area contributed by atoms with Gasteiger partial charge in [-0.15, -0.1) is 0 Å². The summed E-state index contributed by atoms with van der Waals surface area (Å²) in [5.74, 6) is -1.84. The number of carboxylic acid groups (broad SMARTS) is 2. The predicted octanol–water partition coefficient (Wildman–Crippen LogP) is 24.3. The molecule has 87 heavy (non-hydrogen) atoms. The van der Waals surface area contributed by atoms with Crippen molar-refractivity contribution in [2.24, 2.45) is 0 Å². The Morgan fingerprint density at radius 1 is 0.184 bits per heavy atom. The summed E-state index contributed by atoms with van der Waals surface area (Å²) in [6, 6.07) is 0. The van der Waals surface area contributed by atoms with E-state index in [1.54, 1.807) is 0 Å². The molecule has 0 spiro atoms. The fourth-order valence-corrected chi connectivity index (χ4v) is 13.1. The Morgan fingerprint density at radius 2 is 0.276 bits per heavy atom. The second kappa shape index (κ2) is 84.1. The molecule has 0 aromatic rings. The Labute approximate surface area is 578 Å². The van der Waals surface area contributed by atoms with Crippen molar-refractivity contribution in [3.63, 3.8) is 0 Å². The molecule has 0 saturated carbocycles. The van der Waals surface area contributed by atoms with Gasteiger partial charge in [-0.05, 0) is 51.9 Å². The number of aliphatic carboxylic acids is 2. The van der Waals surface area contributed by atoms with E-state index in [1.807, 2.05) is 0 Å². The van der Waals surface area contributed by atoms with Crippen molar-refractivity contribution < 1.29 is 19.8 Å². The first-order valence-corrected chi connectivity index (χ1v) is 40.2. The molecule has 0 atom stereocenters. The van der Waals surface area contributed by atoms with Gasteiger partial charge in [0.2, 0.25) is 0 Å². The number of hydrogen-bond donors (Lipinski definition) is 0. The molecular weight excluding hydrogens is 1090 g/mol. The van der Waals surface area contributed by atoms with Crippen LogP contribution in [0.3, 0.4) is 0 Å². The summed E-state index contributed by atoms with van der Waals surface area (Å²) in [6.45, 7) is 13.1. The van der Waals surface area contributed by atoms with Gasteiger partial charge in [-0.25, -0.2) is 0 Å². The molecule has 6 nitrogen and oxygen atoms in total. The van der Waals surface area contributed by atoms with Gasteiger partial charge in [-0.1, -0.05) is 439 Å². The van der Waals surface area contributed by atoms with E-state index in [0.29, 0.717) is 0 Å². The van der Waals surface area contributed by atoms with E-state index < -0.39 is 11.9 Å². The second-order valence-corrected chi connectivity index (χ2v) is 27.9. The van der Waals surface area contributed by atoms with Gasteiger partial charge in [0.15, 0.2) is 0 Å². The van der Waals surface area contributed by atoms with E-state index in [-0.39, 0.29) is 50.8 Å². The van der Waals surface area contributed by atoms with Gasteiger partial charge >= 0.3 is 37.7 Å². The molecule has 0 aliphatic heterocycles. The molecule has 0 fully saturated rings. The van der Waals surface area contributed by atoms with Crippen LogP contribution in [0.5, 0.6) is 0 Å². The molecule has 0 aromatic heterocycles. The first-order valence-electron chi connectivity index (χ1n) is 40.2. The molecule has 0 aliphatic rings. The Balaban J connectivity index is -0.00000160. The number of hydrogen-bond acceptors (Lipinski definition) is 6. The Hall–Kier alpha value is 0.120. The Morgan fingerprint density at radius 3 is 0.368 bits per heavy atom. The van der Waals surface area contributed by atoms with Gasteiger partial charge < -0.3 is 19.8 Å². The van der Waals surface area contributed by atoms with Crippen LogP contribution in [0, 0.1) is 0 Å². The van der Waals surface area contributed by atoms with Crippen LogP contribution in [-0.4, -0.2) is 98.7 Å². The molecule has 0 rings (SSSR count). The van der Waals surface area contributed by atoms with Gasteiger partial charge in [0.25, 0.3) is 0 Å². The molecule has 0 heterocycles. The zero-order valence-electron chi connectivity index (χ0n) is 60.6. The molecule has 0 saturated heterocycles. The molecule has 0 radical (unpaired) electrons. The largest absolute Gasteiger partial charge is 2.00 e. The Kier molecular flexibility index (Phi) is 88.3. The number of nitrogens with zero attached hydrogens (tertiary/aromatic N) is 2. The average Bonchev–Trinajstić information content (AvgIpc) is 3.50. The SMILES string of the molecule is CCCCCCCCCCCCCCCCCCCN(CCCCCCCCCCCCCCCCCCC)CC(=O)[O-].CCCCCCCCCCCCCCCCCCCN(CCCCCCCCCCCCCCCCCCC)CC(=O)[O-].[Ca+2]. The minimum atomic E-state index is -0.918. The first kappa shape index (κ1) is 91.3. The van der Waals surface area contributed by atoms with E-state index in [4.69, 9.17) is 0 Å². The molecule has 0 unspecified atom stereocenters. The molecule has 516 valence electrons. The minimum absolute atomic E-state index is 0. The van der Waals surface area contributed by atoms with Crippen LogP contribution in [0.2, 0.25) is 0 Å². The average molecular weight is 1250 g/mol. The number of rotatable bonds is 76. The van der Waals surface area contributed by atoms with Crippen LogP contribution >= 0.6 is 0 Å². The topological polar surface area (TPSA) is 86.7 Å². The standard InChI is InChI=1S/2C40H81NO2.Ca/c2*1-3-5-7-9-11-13-15-17-19-21-23-25-27-29-31-33-35-37-41(39-40(42)43)38-36-34-32-30-28-26-24-22-20-18-16-14-12-10-8-6-4-2;/h2*3-39H2,1-2H3,(H,42,43);/q;;+2/p-2. The van der Waals surface area contributed by atoms with Gasteiger partial charge in [0.1, 0.15) is 0 Å². The molecular formula is C80H160CaN2O4. The maximum absolute atomic E-state index is 11.2. The van der Waals surface area contributed by atoms with E-state index >= 15 is 0 Å². The number of carbonyl (C=O) groups excluding carboxylic acids is 2. The zero-order chi connectivity index (χ0) is 62.6. The normalized spacial score (nSPS) is 11.5. The Bertz CT molecular complexity index is 1070. The maximum Gasteiger partial charge on any atom is 2.00 e. The maximum atomic E-state index is 11.2. The molecule has 0 bridgehead atoms. The monoisotopic (exact) mass is 1250 g/mol.